The van der Waals surface area contributed by atoms with Crippen LogP contribution in [0.1, 0.15) is 24.1 Å². The Labute approximate surface area is 101 Å². The first-order valence-corrected chi connectivity index (χ1v) is 5.85. The molecule has 0 aromatic heterocycles. The van der Waals surface area contributed by atoms with Crippen LogP contribution >= 0.6 is 0 Å². The summed E-state index contributed by atoms with van der Waals surface area (Å²) in [5.41, 5.74) is 2.28. The van der Waals surface area contributed by atoms with Crippen LogP contribution in [0.4, 0.5) is 4.39 Å². The lowest BCUT2D eigenvalue weighted by atomic mass is 9.99. The summed E-state index contributed by atoms with van der Waals surface area (Å²) in [7, 11) is 0. The summed E-state index contributed by atoms with van der Waals surface area (Å²) in [6, 6.07) is 17.0. The highest BCUT2D eigenvalue weighted by atomic mass is 19.1. The van der Waals surface area contributed by atoms with Crippen molar-refractivity contribution in [2.24, 2.45) is 0 Å². The third-order valence-electron chi connectivity index (χ3n) is 2.74. The molecule has 0 amide bonds. The summed E-state index contributed by atoms with van der Waals surface area (Å²) in [4.78, 5) is 0. The lowest BCUT2D eigenvalue weighted by Gasteiger charge is -2.18. The van der Waals surface area contributed by atoms with Gasteiger partial charge in [-0.25, -0.2) is 4.39 Å². The molecule has 0 saturated carbocycles. The van der Waals surface area contributed by atoms with Crippen LogP contribution in [0, 0.1) is 5.82 Å². The maximum absolute atomic E-state index is 12.9. The van der Waals surface area contributed by atoms with Gasteiger partial charge in [-0.2, -0.15) is 0 Å². The predicted octanol–water partition coefficient (Wildman–Crippen LogP) is 3.52. The third-order valence-corrected chi connectivity index (χ3v) is 2.74. The van der Waals surface area contributed by atoms with Crippen LogP contribution in [0.5, 0.6) is 0 Å². The number of nitrogens with one attached hydrogen (secondary N) is 1. The molecule has 0 saturated heterocycles. The molecule has 1 nitrogen and oxygen atoms in total. The predicted molar refractivity (Wildman–Crippen MR) is 68.4 cm³/mol. The van der Waals surface area contributed by atoms with E-state index < -0.39 is 0 Å². The van der Waals surface area contributed by atoms with Gasteiger partial charge in [-0.1, -0.05) is 49.4 Å². The van der Waals surface area contributed by atoms with Crippen molar-refractivity contribution in [1.82, 2.24) is 5.32 Å². The molecule has 0 bridgehead atoms. The quantitative estimate of drug-likeness (QED) is 0.845. The Hall–Kier alpha value is -1.67. The summed E-state index contributed by atoms with van der Waals surface area (Å²) in [6.45, 7) is 2.94. The minimum Gasteiger partial charge on any atom is -0.307 e. The molecule has 0 heterocycles. The lowest BCUT2D eigenvalue weighted by molar-refractivity contribution is 0.613. The van der Waals surface area contributed by atoms with E-state index in [1.807, 2.05) is 30.3 Å². The average molecular weight is 229 g/mol. The monoisotopic (exact) mass is 229 g/mol. The molecule has 0 radical (unpaired) electrons. The van der Waals surface area contributed by atoms with Gasteiger partial charge in [0.15, 0.2) is 0 Å². The largest absolute Gasteiger partial charge is 0.307 e. The standard InChI is InChI=1S/C15H16FN/c1-2-17-15(12-6-4-3-5-7-12)13-8-10-14(16)11-9-13/h3-11,15,17H,2H2,1H3/t15-/m0/s1. The maximum atomic E-state index is 12.9. The van der Waals surface area contributed by atoms with E-state index in [2.05, 4.69) is 24.4 Å². The first kappa shape index (κ1) is 11.8. The normalized spacial score (nSPS) is 12.4. The average Bonchev–Trinajstić information content (AvgIpc) is 2.38. The molecular formula is C15H16FN. The Morgan fingerprint density at radius 1 is 0.941 bits per heavy atom. The second kappa shape index (κ2) is 5.60. The zero-order valence-electron chi connectivity index (χ0n) is 9.86. The Morgan fingerprint density at radius 3 is 2.12 bits per heavy atom. The van der Waals surface area contributed by atoms with Crippen LogP contribution in [0.3, 0.4) is 0 Å². The van der Waals surface area contributed by atoms with Gasteiger partial charge in [-0.05, 0) is 29.8 Å². The van der Waals surface area contributed by atoms with Gasteiger partial charge < -0.3 is 5.32 Å². The van der Waals surface area contributed by atoms with Crippen LogP contribution < -0.4 is 5.32 Å². The van der Waals surface area contributed by atoms with E-state index in [0.29, 0.717) is 0 Å². The molecule has 2 aromatic rings. The van der Waals surface area contributed by atoms with Crippen molar-refractivity contribution in [3.05, 3.63) is 71.5 Å². The Morgan fingerprint density at radius 2 is 1.53 bits per heavy atom. The van der Waals surface area contributed by atoms with Gasteiger partial charge in [0, 0.05) is 0 Å². The first-order chi connectivity index (χ1) is 8.31. The summed E-state index contributed by atoms with van der Waals surface area (Å²) in [5.74, 6) is -0.197. The minimum atomic E-state index is -0.197. The lowest BCUT2D eigenvalue weighted by Crippen LogP contribution is -2.21. The van der Waals surface area contributed by atoms with Gasteiger partial charge in [0.05, 0.1) is 6.04 Å². The van der Waals surface area contributed by atoms with Crippen LogP contribution in [0.15, 0.2) is 54.6 Å². The summed E-state index contributed by atoms with van der Waals surface area (Å²) < 4.78 is 12.9. The number of halogens is 1. The van der Waals surface area contributed by atoms with E-state index in [0.717, 1.165) is 12.1 Å². The molecule has 0 aliphatic rings. The Bertz CT molecular complexity index is 450. The number of hydrogen-bond acceptors (Lipinski definition) is 1. The minimum absolute atomic E-state index is 0.127. The molecule has 0 aliphatic heterocycles. The van der Waals surface area contributed by atoms with Crippen molar-refractivity contribution < 1.29 is 4.39 Å². The molecule has 2 rings (SSSR count). The van der Waals surface area contributed by atoms with Crippen LogP contribution in [-0.4, -0.2) is 6.54 Å². The van der Waals surface area contributed by atoms with Crippen molar-refractivity contribution in [1.29, 1.82) is 0 Å². The fourth-order valence-electron chi connectivity index (χ4n) is 1.93. The fraction of sp³-hybridized carbons (Fsp3) is 0.200. The SMILES string of the molecule is CCN[C@@H](c1ccccc1)c1ccc(F)cc1. The molecule has 0 unspecified atom stereocenters. The number of benzene rings is 2. The number of hydrogen-bond donors (Lipinski definition) is 1. The molecule has 0 fully saturated rings. The molecule has 0 spiro atoms. The van der Waals surface area contributed by atoms with Crippen molar-refractivity contribution in [3.8, 4) is 0 Å². The Kier molecular flexibility index (Phi) is 3.89. The van der Waals surface area contributed by atoms with Crippen molar-refractivity contribution in [3.63, 3.8) is 0 Å². The highest BCUT2D eigenvalue weighted by Gasteiger charge is 2.11. The second-order valence-corrected chi connectivity index (χ2v) is 3.95. The highest BCUT2D eigenvalue weighted by molar-refractivity contribution is 5.31. The van der Waals surface area contributed by atoms with Crippen LogP contribution in [-0.2, 0) is 0 Å². The highest BCUT2D eigenvalue weighted by Crippen LogP contribution is 2.21. The molecule has 0 aliphatic carbocycles. The topological polar surface area (TPSA) is 12.0 Å². The summed E-state index contributed by atoms with van der Waals surface area (Å²) >= 11 is 0. The Balaban J connectivity index is 2.32. The zero-order valence-corrected chi connectivity index (χ0v) is 9.86. The van der Waals surface area contributed by atoms with Gasteiger partial charge in [0.1, 0.15) is 5.82 Å². The molecule has 17 heavy (non-hydrogen) atoms. The summed E-state index contributed by atoms with van der Waals surface area (Å²) in [6.07, 6.45) is 0. The van der Waals surface area contributed by atoms with Crippen LogP contribution in [0.2, 0.25) is 0 Å². The molecule has 1 N–H and O–H groups in total. The van der Waals surface area contributed by atoms with Gasteiger partial charge >= 0.3 is 0 Å². The van der Waals surface area contributed by atoms with Crippen molar-refractivity contribution in [2.45, 2.75) is 13.0 Å². The first-order valence-electron chi connectivity index (χ1n) is 5.85. The molecule has 88 valence electrons. The maximum Gasteiger partial charge on any atom is 0.123 e. The molecule has 2 aromatic carbocycles. The molecule has 1 atom stereocenters. The van der Waals surface area contributed by atoms with E-state index >= 15 is 0 Å². The smallest absolute Gasteiger partial charge is 0.123 e. The third kappa shape index (κ3) is 2.92. The fourth-order valence-corrected chi connectivity index (χ4v) is 1.93. The van der Waals surface area contributed by atoms with Gasteiger partial charge in [-0.3, -0.25) is 0 Å². The van der Waals surface area contributed by atoms with Gasteiger partial charge in [0.25, 0.3) is 0 Å². The summed E-state index contributed by atoms with van der Waals surface area (Å²) in [5, 5.41) is 3.41. The van der Waals surface area contributed by atoms with Gasteiger partial charge in [-0.15, -0.1) is 0 Å². The van der Waals surface area contributed by atoms with E-state index in [4.69, 9.17) is 0 Å². The van der Waals surface area contributed by atoms with Gasteiger partial charge in [0.2, 0.25) is 0 Å². The second-order valence-electron chi connectivity index (χ2n) is 3.95. The van der Waals surface area contributed by atoms with Crippen molar-refractivity contribution >= 4 is 0 Å². The van der Waals surface area contributed by atoms with E-state index in [1.54, 1.807) is 0 Å². The zero-order chi connectivity index (χ0) is 12.1. The van der Waals surface area contributed by atoms with Crippen molar-refractivity contribution in [2.75, 3.05) is 6.54 Å². The molecule has 2 heteroatoms. The van der Waals surface area contributed by atoms with Crippen LogP contribution in [0.25, 0.3) is 0 Å². The molecular weight excluding hydrogens is 213 g/mol. The number of rotatable bonds is 4. The van der Waals surface area contributed by atoms with E-state index in [1.165, 1.54) is 17.7 Å². The van der Waals surface area contributed by atoms with E-state index in [9.17, 15) is 4.39 Å². The van der Waals surface area contributed by atoms with E-state index in [-0.39, 0.29) is 11.9 Å².